The molecule has 0 aliphatic carbocycles. The summed E-state index contributed by atoms with van der Waals surface area (Å²) in [5, 5.41) is 18.9. The summed E-state index contributed by atoms with van der Waals surface area (Å²) in [5.74, 6) is -2.06. The molecule has 0 saturated heterocycles. The molecule has 2 atom stereocenters. The first-order chi connectivity index (χ1) is 7.07. The smallest absolute Gasteiger partial charge is 0.164 e. The molecule has 1 aromatic carbocycles. The second-order valence-electron chi connectivity index (χ2n) is 3.13. The molecule has 2 unspecified atom stereocenters. The molecule has 15 heavy (non-hydrogen) atoms. The molecular formula is C10H11ClF2O2. The van der Waals surface area contributed by atoms with Crippen LogP contribution in [0.4, 0.5) is 8.78 Å². The quantitative estimate of drug-likeness (QED) is 0.785. The molecule has 0 saturated carbocycles. The van der Waals surface area contributed by atoms with Crippen molar-refractivity contribution >= 4 is 11.6 Å². The Morgan fingerprint density at radius 2 is 1.93 bits per heavy atom. The van der Waals surface area contributed by atoms with E-state index in [9.17, 15) is 19.0 Å². The third kappa shape index (κ3) is 2.87. The van der Waals surface area contributed by atoms with Gasteiger partial charge in [-0.25, -0.2) is 8.78 Å². The van der Waals surface area contributed by atoms with Gasteiger partial charge in [0.1, 0.15) is 6.10 Å². The monoisotopic (exact) mass is 236 g/mol. The van der Waals surface area contributed by atoms with Crippen LogP contribution in [-0.2, 0) is 0 Å². The fourth-order valence-electron chi connectivity index (χ4n) is 1.23. The largest absolute Gasteiger partial charge is 0.390 e. The number of alkyl halides is 1. The van der Waals surface area contributed by atoms with Gasteiger partial charge in [-0.3, -0.25) is 0 Å². The lowest BCUT2D eigenvalue weighted by molar-refractivity contribution is 0.0145. The maximum absolute atomic E-state index is 13.2. The zero-order valence-electron chi connectivity index (χ0n) is 7.83. The lowest BCUT2D eigenvalue weighted by atomic mass is 10.0. The summed E-state index contributed by atoms with van der Waals surface area (Å²) >= 11 is 5.36. The van der Waals surface area contributed by atoms with Gasteiger partial charge in [0, 0.05) is 11.4 Å². The third-order valence-corrected chi connectivity index (χ3v) is 2.29. The Bertz CT molecular complexity index is 333. The van der Waals surface area contributed by atoms with Crippen molar-refractivity contribution in [2.45, 2.75) is 18.6 Å². The van der Waals surface area contributed by atoms with Gasteiger partial charge < -0.3 is 10.2 Å². The molecule has 0 amide bonds. The normalized spacial score (nSPS) is 15.0. The molecule has 0 aliphatic rings. The highest BCUT2D eigenvalue weighted by Crippen LogP contribution is 2.23. The van der Waals surface area contributed by atoms with Crippen molar-refractivity contribution in [1.82, 2.24) is 0 Å². The van der Waals surface area contributed by atoms with E-state index in [0.29, 0.717) is 0 Å². The Morgan fingerprint density at radius 1 is 1.27 bits per heavy atom. The van der Waals surface area contributed by atoms with E-state index in [0.717, 1.165) is 6.07 Å². The number of halogens is 3. The molecule has 0 aromatic heterocycles. The molecule has 2 N–H and O–H groups in total. The molecular weight excluding hydrogens is 226 g/mol. The van der Waals surface area contributed by atoms with Crippen LogP contribution >= 0.6 is 11.6 Å². The minimum Gasteiger partial charge on any atom is -0.390 e. The third-order valence-electron chi connectivity index (χ3n) is 2.07. The Hall–Kier alpha value is -0.710. The van der Waals surface area contributed by atoms with Crippen molar-refractivity contribution in [3.05, 3.63) is 35.4 Å². The number of rotatable bonds is 4. The Labute approximate surface area is 91.1 Å². The molecule has 0 bridgehead atoms. The van der Waals surface area contributed by atoms with Crippen LogP contribution in [0.15, 0.2) is 18.2 Å². The maximum Gasteiger partial charge on any atom is 0.164 e. The van der Waals surface area contributed by atoms with Crippen LogP contribution in [0.2, 0.25) is 0 Å². The van der Waals surface area contributed by atoms with Crippen molar-refractivity contribution < 1.29 is 19.0 Å². The van der Waals surface area contributed by atoms with Crippen LogP contribution in [0.25, 0.3) is 0 Å². The summed E-state index contributed by atoms with van der Waals surface area (Å²) in [6.07, 6.45) is -2.54. The van der Waals surface area contributed by atoms with Crippen molar-refractivity contribution in [3.8, 4) is 0 Å². The number of aliphatic hydroxyl groups is 2. The first-order valence-electron chi connectivity index (χ1n) is 4.44. The first-order valence-corrected chi connectivity index (χ1v) is 4.97. The van der Waals surface area contributed by atoms with Crippen LogP contribution in [0, 0.1) is 11.6 Å². The standard InChI is InChI=1S/C10H11ClF2O2/c11-5-4-8(14)10(15)6-2-1-3-7(12)9(6)13/h1-3,8,10,14-15H,4-5H2. The molecule has 0 fully saturated rings. The summed E-state index contributed by atoms with van der Waals surface area (Å²) in [5.41, 5.74) is -0.257. The van der Waals surface area contributed by atoms with Gasteiger partial charge >= 0.3 is 0 Å². The number of hydrogen-bond acceptors (Lipinski definition) is 2. The molecule has 0 aliphatic heterocycles. The van der Waals surface area contributed by atoms with Gasteiger partial charge in [0.05, 0.1) is 6.10 Å². The van der Waals surface area contributed by atoms with Gasteiger partial charge in [-0.15, -0.1) is 11.6 Å². The molecule has 5 heteroatoms. The van der Waals surface area contributed by atoms with Crippen LogP contribution in [0.3, 0.4) is 0 Å². The van der Waals surface area contributed by atoms with E-state index < -0.39 is 23.8 Å². The SMILES string of the molecule is OC(CCCl)C(O)c1cccc(F)c1F. The number of benzene rings is 1. The highest BCUT2D eigenvalue weighted by Gasteiger charge is 2.22. The molecule has 0 spiro atoms. The first kappa shape index (κ1) is 12.4. The van der Waals surface area contributed by atoms with Crippen molar-refractivity contribution in [2.75, 3.05) is 5.88 Å². The Balaban J connectivity index is 2.90. The molecule has 1 rings (SSSR count). The molecule has 84 valence electrons. The van der Waals surface area contributed by atoms with Gasteiger partial charge in [0.15, 0.2) is 11.6 Å². The number of aliphatic hydroxyl groups excluding tert-OH is 2. The Morgan fingerprint density at radius 3 is 2.53 bits per heavy atom. The van der Waals surface area contributed by atoms with E-state index in [-0.39, 0.29) is 17.9 Å². The van der Waals surface area contributed by atoms with E-state index in [1.807, 2.05) is 0 Å². The van der Waals surface area contributed by atoms with E-state index in [2.05, 4.69) is 0 Å². The summed E-state index contributed by atoms with van der Waals surface area (Å²) in [6, 6.07) is 3.43. The van der Waals surface area contributed by atoms with E-state index in [1.165, 1.54) is 12.1 Å². The topological polar surface area (TPSA) is 40.5 Å². The van der Waals surface area contributed by atoms with E-state index >= 15 is 0 Å². The molecule has 0 radical (unpaired) electrons. The molecule has 0 heterocycles. The second-order valence-corrected chi connectivity index (χ2v) is 3.51. The van der Waals surface area contributed by atoms with Crippen LogP contribution in [-0.4, -0.2) is 22.2 Å². The fourth-order valence-corrected chi connectivity index (χ4v) is 1.45. The zero-order valence-corrected chi connectivity index (χ0v) is 8.59. The van der Waals surface area contributed by atoms with E-state index in [1.54, 1.807) is 0 Å². The number of hydrogen-bond donors (Lipinski definition) is 2. The zero-order chi connectivity index (χ0) is 11.4. The van der Waals surface area contributed by atoms with E-state index in [4.69, 9.17) is 11.6 Å². The minimum absolute atomic E-state index is 0.110. The Kier molecular flexibility index (Phi) is 4.45. The van der Waals surface area contributed by atoms with Gasteiger partial charge in [0.2, 0.25) is 0 Å². The maximum atomic E-state index is 13.2. The fraction of sp³-hybridized carbons (Fsp3) is 0.400. The summed E-state index contributed by atoms with van der Waals surface area (Å²) in [7, 11) is 0. The average Bonchev–Trinajstić information content (AvgIpc) is 2.21. The van der Waals surface area contributed by atoms with Gasteiger partial charge in [-0.2, -0.15) is 0 Å². The lowest BCUT2D eigenvalue weighted by Crippen LogP contribution is -2.20. The van der Waals surface area contributed by atoms with Crippen LogP contribution < -0.4 is 0 Å². The summed E-state index contributed by atoms with van der Waals surface area (Å²) in [6.45, 7) is 0. The van der Waals surface area contributed by atoms with Crippen molar-refractivity contribution in [1.29, 1.82) is 0 Å². The molecule has 1 aromatic rings. The highest BCUT2D eigenvalue weighted by atomic mass is 35.5. The average molecular weight is 237 g/mol. The summed E-state index contributed by atoms with van der Waals surface area (Å²) < 4.78 is 26.0. The summed E-state index contributed by atoms with van der Waals surface area (Å²) in [4.78, 5) is 0. The predicted octanol–water partition coefficient (Wildman–Crippen LogP) is 1.99. The van der Waals surface area contributed by atoms with Crippen LogP contribution in [0.1, 0.15) is 18.1 Å². The molecule has 2 nitrogen and oxygen atoms in total. The highest BCUT2D eigenvalue weighted by molar-refractivity contribution is 6.17. The van der Waals surface area contributed by atoms with Gasteiger partial charge in [-0.05, 0) is 12.5 Å². The lowest BCUT2D eigenvalue weighted by Gasteiger charge is -2.17. The second kappa shape index (κ2) is 5.39. The van der Waals surface area contributed by atoms with Crippen molar-refractivity contribution in [2.24, 2.45) is 0 Å². The predicted molar refractivity (Wildman–Crippen MR) is 52.7 cm³/mol. The van der Waals surface area contributed by atoms with Crippen LogP contribution in [0.5, 0.6) is 0 Å². The van der Waals surface area contributed by atoms with Crippen molar-refractivity contribution in [3.63, 3.8) is 0 Å². The van der Waals surface area contributed by atoms with Gasteiger partial charge in [-0.1, -0.05) is 12.1 Å². The van der Waals surface area contributed by atoms with Gasteiger partial charge in [0.25, 0.3) is 0 Å². The minimum atomic E-state index is -1.46.